The number of para-hydroxylation sites is 1. The minimum atomic E-state index is -0.427. The molecule has 0 spiro atoms. The maximum Gasteiger partial charge on any atom is 0.306 e. The third-order valence-electron chi connectivity index (χ3n) is 3.67. The average Bonchev–Trinajstić information content (AvgIpc) is 2.65. The lowest BCUT2D eigenvalue weighted by atomic mass is 10.1. The van der Waals surface area contributed by atoms with Gasteiger partial charge in [0.1, 0.15) is 5.75 Å². The molecule has 26 heavy (non-hydrogen) atoms. The van der Waals surface area contributed by atoms with Gasteiger partial charge in [0.05, 0.1) is 6.61 Å². The van der Waals surface area contributed by atoms with Crippen LogP contribution < -0.4 is 10.1 Å². The van der Waals surface area contributed by atoms with Crippen molar-refractivity contribution in [3.63, 3.8) is 0 Å². The summed E-state index contributed by atoms with van der Waals surface area (Å²) in [5.41, 5.74) is 1.75. The lowest BCUT2D eigenvalue weighted by Gasteiger charge is -2.10. The van der Waals surface area contributed by atoms with E-state index >= 15 is 0 Å². The van der Waals surface area contributed by atoms with E-state index in [2.05, 4.69) is 5.32 Å². The van der Waals surface area contributed by atoms with E-state index in [1.807, 2.05) is 49.4 Å². The molecule has 0 aliphatic rings. The zero-order valence-corrected chi connectivity index (χ0v) is 15.4. The van der Waals surface area contributed by atoms with Crippen LogP contribution in [0.3, 0.4) is 0 Å². The second kappa shape index (κ2) is 10.5. The number of aryl methyl sites for hydroxylation is 1. The molecule has 0 saturated carbocycles. The van der Waals surface area contributed by atoms with Gasteiger partial charge < -0.3 is 14.8 Å². The molecule has 0 fully saturated rings. The molecule has 2 rings (SSSR count). The van der Waals surface area contributed by atoms with E-state index in [0.717, 1.165) is 16.9 Å². The fraction of sp³-hybridized carbons (Fsp3) is 0.300. The first-order chi connectivity index (χ1) is 12.6. The Balaban J connectivity index is 1.71. The number of ether oxygens (including phenoxy) is 2. The zero-order valence-electron chi connectivity index (χ0n) is 14.7. The molecule has 0 atom stereocenters. The van der Waals surface area contributed by atoms with Gasteiger partial charge in [-0.1, -0.05) is 48.0 Å². The molecule has 0 bridgehead atoms. The minimum Gasteiger partial charge on any atom is -0.494 e. The van der Waals surface area contributed by atoms with Gasteiger partial charge in [0, 0.05) is 18.0 Å². The van der Waals surface area contributed by atoms with E-state index in [0.29, 0.717) is 18.1 Å². The van der Waals surface area contributed by atoms with Crippen LogP contribution in [0.4, 0.5) is 0 Å². The average molecular weight is 376 g/mol. The van der Waals surface area contributed by atoms with Crippen LogP contribution in [0.2, 0.25) is 5.02 Å². The Hall–Kier alpha value is -2.53. The van der Waals surface area contributed by atoms with Gasteiger partial charge in [0.15, 0.2) is 6.61 Å². The fourth-order valence-electron chi connectivity index (χ4n) is 2.35. The third kappa shape index (κ3) is 6.41. The summed E-state index contributed by atoms with van der Waals surface area (Å²) in [6.07, 6.45) is 0.679. The Kier molecular flexibility index (Phi) is 7.96. The number of carbonyl (C=O) groups is 2. The molecule has 0 saturated heterocycles. The van der Waals surface area contributed by atoms with Gasteiger partial charge in [-0.25, -0.2) is 0 Å². The Morgan fingerprint density at radius 1 is 1.04 bits per heavy atom. The molecule has 1 N–H and O–H groups in total. The van der Waals surface area contributed by atoms with Crippen molar-refractivity contribution in [2.45, 2.75) is 26.3 Å². The number of halogens is 1. The Morgan fingerprint density at radius 3 is 2.46 bits per heavy atom. The predicted octanol–water partition coefficient (Wildman–Crippen LogP) is 3.53. The van der Waals surface area contributed by atoms with E-state index in [-0.39, 0.29) is 25.5 Å². The largest absolute Gasteiger partial charge is 0.494 e. The first-order valence-corrected chi connectivity index (χ1v) is 8.84. The highest BCUT2D eigenvalue weighted by Gasteiger charge is 2.10. The van der Waals surface area contributed by atoms with E-state index in [1.54, 1.807) is 6.07 Å². The van der Waals surface area contributed by atoms with Gasteiger partial charge in [-0.2, -0.15) is 0 Å². The fourth-order valence-corrected chi connectivity index (χ4v) is 2.55. The van der Waals surface area contributed by atoms with Crippen molar-refractivity contribution < 1.29 is 19.1 Å². The second-order valence-corrected chi connectivity index (χ2v) is 5.98. The Morgan fingerprint density at radius 2 is 1.73 bits per heavy atom. The normalized spacial score (nSPS) is 10.2. The van der Waals surface area contributed by atoms with Crippen molar-refractivity contribution in [2.24, 2.45) is 0 Å². The lowest BCUT2D eigenvalue weighted by Crippen LogP contribution is -2.28. The van der Waals surface area contributed by atoms with Gasteiger partial charge in [0.25, 0.3) is 5.91 Å². The van der Waals surface area contributed by atoms with Crippen LogP contribution in [-0.4, -0.2) is 25.1 Å². The van der Waals surface area contributed by atoms with Crippen LogP contribution in [0.1, 0.15) is 24.5 Å². The van der Waals surface area contributed by atoms with Gasteiger partial charge in [-0.15, -0.1) is 0 Å². The summed E-state index contributed by atoms with van der Waals surface area (Å²) in [6.45, 7) is 2.45. The van der Waals surface area contributed by atoms with Crippen LogP contribution in [0.25, 0.3) is 0 Å². The van der Waals surface area contributed by atoms with E-state index in [1.165, 1.54) is 0 Å². The maximum absolute atomic E-state index is 11.9. The van der Waals surface area contributed by atoms with Crippen LogP contribution >= 0.6 is 11.6 Å². The van der Waals surface area contributed by atoms with Crippen molar-refractivity contribution >= 4 is 23.5 Å². The van der Waals surface area contributed by atoms with E-state index < -0.39 is 5.97 Å². The molecular formula is C20H22ClNO4. The first kappa shape index (κ1) is 19.8. The highest BCUT2D eigenvalue weighted by molar-refractivity contribution is 6.31. The van der Waals surface area contributed by atoms with Crippen molar-refractivity contribution in [1.29, 1.82) is 0 Å². The molecule has 2 aromatic carbocycles. The topological polar surface area (TPSA) is 64.6 Å². The summed E-state index contributed by atoms with van der Waals surface area (Å²) in [5, 5.41) is 3.26. The molecule has 0 aromatic heterocycles. The third-order valence-corrected chi connectivity index (χ3v) is 4.04. The molecule has 2 aromatic rings. The maximum atomic E-state index is 11.9. The number of nitrogens with one attached hydrogen (secondary N) is 1. The summed E-state index contributed by atoms with van der Waals surface area (Å²) < 4.78 is 10.5. The number of benzene rings is 2. The summed E-state index contributed by atoms with van der Waals surface area (Å²) in [7, 11) is 0. The molecule has 0 aliphatic heterocycles. The van der Waals surface area contributed by atoms with Gasteiger partial charge in [0.2, 0.25) is 0 Å². The van der Waals surface area contributed by atoms with Crippen LogP contribution in [0.5, 0.6) is 5.75 Å². The van der Waals surface area contributed by atoms with E-state index in [4.69, 9.17) is 21.1 Å². The van der Waals surface area contributed by atoms with Crippen molar-refractivity contribution in [2.75, 3.05) is 13.2 Å². The van der Waals surface area contributed by atoms with Crippen LogP contribution in [0.15, 0.2) is 48.5 Å². The summed E-state index contributed by atoms with van der Waals surface area (Å²) in [5.74, 6) is -0.0301. The molecule has 0 radical (unpaired) electrons. The molecule has 0 unspecified atom stereocenters. The highest BCUT2D eigenvalue weighted by Crippen LogP contribution is 2.19. The molecule has 0 heterocycles. The smallest absolute Gasteiger partial charge is 0.306 e. The quantitative estimate of drug-likeness (QED) is 0.681. The van der Waals surface area contributed by atoms with Crippen LogP contribution in [0, 0.1) is 0 Å². The van der Waals surface area contributed by atoms with Crippen molar-refractivity contribution in [1.82, 2.24) is 5.32 Å². The van der Waals surface area contributed by atoms with Gasteiger partial charge in [-0.05, 0) is 36.6 Å². The number of esters is 1. The molecule has 138 valence electrons. The molecule has 6 heteroatoms. The standard InChI is InChI=1S/C20H22ClNO4/c1-2-25-18-10-6-4-7-15(18)11-12-20(24)26-14-19(23)22-13-16-8-3-5-9-17(16)21/h3-10H,2,11-14H2,1H3,(H,22,23). The first-order valence-electron chi connectivity index (χ1n) is 8.46. The number of carbonyl (C=O) groups excluding carboxylic acids is 2. The number of amides is 1. The lowest BCUT2D eigenvalue weighted by molar-refractivity contribution is -0.148. The van der Waals surface area contributed by atoms with Crippen LogP contribution in [-0.2, 0) is 27.3 Å². The van der Waals surface area contributed by atoms with Gasteiger partial charge >= 0.3 is 5.97 Å². The monoisotopic (exact) mass is 375 g/mol. The predicted molar refractivity (Wildman–Crippen MR) is 100 cm³/mol. The van der Waals surface area contributed by atoms with Crippen molar-refractivity contribution in [3.8, 4) is 5.75 Å². The molecular weight excluding hydrogens is 354 g/mol. The van der Waals surface area contributed by atoms with Gasteiger partial charge in [-0.3, -0.25) is 9.59 Å². The Labute approximate surface area is 158 Å². The Bertz CT molecular complexity index is 748. The summed E-state index contributed by atoms with van der Waals surface area (Å²) in [6, 6.07) is 14.8. The van der Waals surface area contributed by atoms with E-state index in [9.17, 15) is 9.59 Å². The van der Waals surface area contributed by atoms with Crippen molar-refractivity contribution in [3.05, 3.63) is 64.7 Å². The highest BCUT2D eigenvalue weighted by atomic mass is 35.5. The summed E-state index contributed by atoms with van der Waals surface area (Å²) in [4.78, 5) is 23.6. The number of hydrogen-bond acceptors (Lipinski definition) is 4. The molecule has 0 aliphatic carbocycles. The minimum absolute atomic E-state index is 0.182. The second-order valence-electron chi connectivity index (χ2n) is 5.57. The molecule has 1 amide bonds. The SMILES string of the molecule is CCOc1ccccc1CCC(=O)OCC(=O)NCc1ccccc1Cl. The molecule has 5 nitrogen and oxygen atoms in total. The zero-order chi connectivity index (χ0) is 18.8. The number of hydrogen-bond donors (Lipinski definition) is 1. The summed E-state index contributed by atoms with van der Waals surface area (Å²) >= 11 is 6.02. The number of rotatable bonds is 9.